The predicted molar refractivity (Wildman–Crippen MR) is 91.4 cm³/mol. The summed E-state index contributed by atoms with van der Waals surface area (Å²) in [6.45, 7) is 4.96. The van der Waals surface area contributed by atoms with Gasteiger partial charge in [0, 0.05) is 6.08 Å². The zero-order valence-corrected chi connectivity index (χ0v) is 13.4. The van der Waals surface area contributed by atoms with Gasteiger partial charge in [0.05, 0.1) is 6.61 Å². The summed E-state index contributed by atoms with van der Waals surface area (Å²) < 4.78 is 11.5. The zero-order chi connectivity index (χ0) is 16.7. The van der Waals surface area contributed by atoms with Crippen LogP contribution in [0.3, 0.4) is 0 Å². The molecule has 0 saturated heterocycles. The number of benzene rings is 2. The van der Waals surface area contributed by atoms with Crippen LogP contribution < -0.4 is 15.2 Å². The molecule has 0 aliphatic carbocycles. The van der Waals surface area contributed by atoms with E-state index in [1.54, 1.807) is 6.08 Å². The summed E-state index contributed by atoms with van der Waals surface area (Å²) in [6.07, 6.45) is 2.96. The first kappa shape index (κ1) is 16.6. The fourth-order valence-corrected chi connectivity index (χ4v) is 2.04. The van der Waals surface area contributed by atoms with Crippen molar-refractivity contribution in [3.05, 3.63) is 65.2 Å². The molecule has 0 fully saturated rings. The number of ether oxygens (including phenoxy) is 2. The fraction of sp³-hybridized carbons (Fsp3) is 0.211. The third-order valence-electron chi connectivity index (χ3n) is 3.22. The molecule has 0 aromatic heterocycles. The molecule has 0 atom stereocenters. The van der Waals surface area contributed by atoms with E-state index in [2.05, 4.69) is 19.1 Å². The Balaban J connectivity index is 2.13. The largest absolute Gasteiger partial charge is 0.490 e. The first-order chi connectivity index (χ1) is 11.1. The van der Waals surface area contributed by atoms with Crippen LogP contribution in [0.25, 0.3) is 6.08 Å². The average Bonchev–Trinajstić information content (AvgIpc) is 2.54. The van der Waals surface area contributed by atoms with Gasteiger partial charge in [0.15, 0.2) is 11.5 Å². The van der Waals surface area contributed by atoms with E-state index < -0.39 is 5.91 Å². The Labute approximate surface area is 136 Å². The molecule has 1 amide bonds. The van der Waals surface area contributed by atoms with E-state index in [1.807, 2.05) is 37.3 Å². The van der Waals surface area contributed by atoms with E-state index in [4.69, 9.17) is 15.2 Å². The van der Waals surface area contributed by atoms with Gasteiger partial charge in [-0.3, -0.25) is 4.79 Å². The molecule has 0 spiro atoms. The van der Waals surface area contributed by atoms with Gasteiger partial charge >= 0.3 is 0 Å². The first-order valence-corrected chi connectivity index (χ1v) is 7.51. The lowest BCUT2D eigenvalue weighted by Gasteiger charge is -2.13. The number of aryl methyl sites for hydroxylation is 1. The summed E-state index contributed by atoms with van der Waals surface area (Å²) in [5.41, 5.74) is 8.25. The van der Waals surface area contributed by atoms with Gasteiger partial charge in [-0.05, 0) is 43.2 Å². The number of hydrogen-bond donors (Lipinski definition) is 1. The molecule has 2 N–H and O–H groups in total. The Hall–Kier alpha value is -2.75. The van der Waals surface area contributed by atoms with Crippen LogP contribution in [-0.2, 0) is 11.4 Å². The van der Waals surface area contributed by atoms with Crippen LogP contribution in [-0.4, -0.2) is 12.5 Å². The fourth-order valence-electron chi connectivity index (χ4n) is 2.04. The molecule has 0 unspecified atom stereocenters. The van der Waals surface area contributed by atoms with Gasteiger partial charge in [-0.15, -0.1) is 0 Å². The monoisotopic (exact) mass is 311 g/mol. The molecule has 4 nitrogen and oxygen atoms in total. The third-order valence-corrected chi connectivity index (χ3v) is 3.22. The van der Waals surface area contributed by atoms with Crippen LogP contribution in [0.15, 0.2) is 48.5 Å². The molecule has 0 bridgehead atoms. The van der Waals surface area contributed by atoms with E-state index in [1.165, 1.54) is 11.6 Å². The van der Waals surface area contributed by atoms with E-state index in [-0.39, 0.29) is 0 Å². The Bertz CT molecular complexity index is 690. The molecule has 2 rings (SSSR count). The number of carbonyl (C=O) groups is 1. The lowest BCUT2D eigenvalue weighted by molar-refractivity contribution is -0.113. The lowest BCUT2D eigenvalue weighted by atomic mass is 10.1. The van der Waals surface area contributed by atoms with Gasteiger partial charge in [0.25, 0.3) is 0 Å². The number of hydrogen-bond acceptors (Lipinski definition) is 3. The summed E-state index contributed by atoms with van der Waals surface area (Å²) in [5.74, 6) is 0.831. The standard InChI is InChI=1S/C19H21NO3/c1-3-22-18-12-15(9-11-19(20)21)8-10-17(18)23-13-16-6-4-14(2)5-7-16/h4-12H,3,13H2,1-2H3,(H2,20,21)/b11-9+. The maximum atomic E-state index is 10.8. The maximum absolute atomic E-state index is 10.8. The molecule has 120 valence electrons. The molecule has 2 aromatic carbocycles. The minimum atomic E-state index is -0.484. The summed E-state index contributed by atoms with van der Waals surface area (Å²) in [6, 6.07) is 13.7. The quantitative estimate of drug-likeness (QED) is 0.796. The summed E-state index contributed by atoms with van der Waals surface area (Å²) in [5, 5.41) is 0. The number of carbonyl (C=O) groups excluding carboxylic acids is 1. The van der Waals surface area contributed by atoms with Gasteiger partial charge in [-0.1, -0.05) is 35.9 Å². The molecule has 23 heavy (non-hydrogen) atoms. The van der Waals surface area contributed by atoms with Crippen LogP contribution in [0.4, 0.5) is 0 Å². The SMILES string of the molecule is CCOc1cc(/C=C/C(N)=O)ccc1OCc1ccc(C)cc1. The van der Waals surface area contributed by atoms with E-state index in [9.17, 15) is 4.79 Å². The molecule has 0 aliphatic heterocycles. The van der Waals surface area contributed by atoms with Gasteiger partial charge < -0.3 is 15.2 Å². The van der Waals surface area contributed by atoms with Crippen molar-refractivity contribution in [3.63, 3.8) is 0 Å². The van der Waals surface area contributed by atoms with Crippen molar-refractivity contribution in [1.82, 2.24) is 0 Å². The highest BCUT2D eigenvalue weighted by atomic mass is 16.5. The van der Waals surface area contributed by atoms with Gasteiger partial charge in [0.2, 0.25) is 5.91 Å². The van der Waals surface area contributed by atoms with Crippen LogP contribution >= 0.6 is 0 Å². The number of nitrogens with two attached hydrogens (primary N) is 1. The minimum Gasteiger partial charge on any atom is -0.490 e. The Kier molecular flexibility index (Phi) is 5.80. The van der Waals surface area contributed by atoms with Crippen LogP contribution in [0.1, 0.15) is 23.6 Å². The van der Waals surface area contributed by atoms with Gasteiger partial charge in [-0.2, -0.15) is 0 Å². The third kappa shape index (κ3) is 5.18. The number of primary amides is 1. The zero-order valence-electron chi connectivity index (χ0n) is 13.4. The molecule has 0 aliphatic rings. The highest BCUT2D eigenvalue weighted by molar-refractivity contribution is 5.90. The van der Waals surface area contributed by atoms with E-state index in [0.717, 1.165) is 11.1 Å². The van der Waals surface area contributed by atoms with Gasteiger partial charge in [-0.25, -0.2) is 0 Å². The smallest absolute Gasteiger partial charge is 0.241 e. The Morgan fingerprint density at radius 2 is 1.83 bits per heavy atom. The second-order valence-corrected chi connectivity index (χ2v) is 5.15. The molecular weight excluding hydrogens is 290 g/mol. The lowest BCUT2D eigenvalue weighted by Crippen LogP contribution is -2.05. The highest BCUT2D eigenvalue weighted by Gasteiger charge is 2.06. The molecule has 0 saturated carbocycles. The highest BCUT2D eigenvalue weighted by Crippen LogP contribution is 2.29. The Morgan fingerprint density at radius 3 is 2.48 bits per heavy atom. The molecule has 2 aromatic rings. The summed E-state index contributed by atoms with van der Waals surface area (Å²) >= 11 is 0. The van der Waals surface area contributed by atoms with Crippen molar-refractivity contribution in [2.24, 2.45) is 5.73 Å². The van der Waals surface area contributed by atoms with Gasteiger partial charge in [0.1, 0.15) is 6.61 Å². The topological polar surface area (TPSA) is 61.5 Å². The van der Waals surface area contributed by atoms with E-state index >= 15 is 0 Å². The second-order valence-electron chi connectivity index (χ2n) is 5.15. The normalized spacial score (nSPS) is 10.7. The van der Waals surface area contributed by atoms with Crippen molar-refractivity contribution in [2.45, 2.75) is 20.5 Å². The first-order valence-electron chi connectivity index (χ1n) is 7.51. The molecule has 0 radical (unpaired) electrons. The number of rotatable bonds is 7. The molecular formula is C19H21NO3. The van der Waals surface area contributed by atoms with Crippen LogP contribution in [0, 0.1) is 6.92 Å². The Morgan fingerprint density at radius 1 is 1.09 bits per heavy atom. The van der Waals surface area contributed by atoms with Crippen LogP contribution in [0.2, 0.25) is 0 Å². The van der Waals surface area contributed by atoms with Crippen molar-refractivity contribution in [2.75, 3.05) is 6.61 Å². The van der Waals surface area contributed by atoms with Crippen molar-refractivity contribution >= 4 is 12.0 Å². The maximum Gasteiger partial charge on any atom is 0.241 e. The summed E-state index contributed by atoms with van der Waals surface area (Å²) in [4.78, 5) is 10.8. The van der Waals surface area contributed by atoms with Crippen molar-refractivity contribution in [1.29, 1.82) is 0 Å². The minimum absolute atomic E-state index is 0.469. The van der Waals surface area contributed by atoms with Crippen molar-refractivity contribution < 1.29 is 14.3 Å². The van der Waals surface area contributed by atoms with E-state index in [0.29, 0.717) is 24.7 Å². The molecule has 4 heteroatoms. The predicted octanol–water partition coefficient (Wildman–Crippen LogP) is 3.47. The second kappa shape index (κ2) is 8.03. The molecule has 0 heterocycles. The van der Waals surface area contributed by atoms with Crippen LogP contribution in [0.5, 0.6) is 11.5 Å². The summed E-state index contributed by atoms with van der Waals surface area (Å²) in [7, 11) is 0. The van der Waals surface area contributed by atoms with Crippen molar-refractivity contribution in [3.8, 4) is 11.5 Å². The number of amides is 1. The average molecular weight is 311 g/mol.